The van der Waals surface area contributed by atoms with Crippen molar-refractivity contribution in [2.24, 2.45) is 0 Å². The molecule has 2 aromatic rings. The third-order valence-corrected chi connectivity index (χ3v) is 3.64. The minimum Gasteiger partial charge on any atom is -0.320 e. The number of benzene rings is 1. The van der Waals surface area contributed by atoms with E-state index in [9.17, 15) is 9.18 Å². The van der Waals surface area contributed by atoms with Crippen molar-refractivity contribution < 1.29 is 9.18 Å². The SMILES string of the molecule is CN(S)c1cc(-c2ccc(F)cc2)sc1C=O. The highest BCUT2D eigenvalue weighted by atomic mass is 32.1. The lowest BCUT2D eigenvalue weighted by atomic mass is 10.2. The Morgan fingerprint density at radius 1 is 1.35 bits per heavy atom. The summed E-state index contributed by atoms with van der Waals surface area (Å²) >= 11 is 5.54. The van der Waals surface area contributed by atoms with Gasteiger partial charge in [0, 0.05) is 11.9 Å². The van der Waals surface area contributed by atoms with E-state index in [0.29, 0.717) is 4.88 Å². The molecule has 2 rings (SSSR count). The number of rotatable bonds is 3. The van der Waals surface area contributed by atoms with Gasteiger partial charge in [0.15, 0.2) is 6.29 Å². The number of hydrogen-bond acceptors (Lipinski definition) is 4. The monoisotopic (exact) mass is 267 g/mol. The number of thiol groups is 1. The maximum atomic E-state index is 12.8. The zero-order valence-corrected chi connectivity index (χ0v) is 10.8. The predicted molar refractivity (Wildman–Crippen MR) is 72.5 cm³/mol. The van der Waals surface area contributed by atoms with Gasteiger partial charge in [0.05, 0.1) is 10.6 Å². The molecule has 0 saturated carbocycles. The van der Waals surface area contributed by atoms with Crippen molar-refractivity contribution in [3.63, 3.8) is 0 Å². The zero-order valence-electron chi connectivity index (χ0n) is 9.05. The lowest BCUT2D eigenvalue weighted by Crippen LogP contribution is -2.00. The summed E-state index contributed by atoms with van der Waals surface area (Å²) in [5.41, 5.74) is 1.65. The molecule has 0 atom stereocenters. The maximum absolute atomic E-state index is 12.8. The molecule has 0 radical (unpaired) electrons. The summed E-state index contributed by atoms with van der Waals surface area (Å²) in [5.74, 6) is -0.271. The van der Waals surface area contributed by atoms with Crippen LogP contribution in [0.25, 0.3) is 10.4 Å². The van der Waals surface area contributed by atoms with E-state index in [1.165, 1.54) is 23.5 Å². The molecule has 0 spiro atoms. The van der Waals surface area contributed by atoms with Gasteiger partial charge in [-0.15, -0.1) is 11.3 Å². The van der Waals surface area contributed by atoms with Crippen LogP contribution in [0.2, 0.25) is 0 Å². The van der Waals surface area contributed by atoms with Gasteiger partial charge >= 0.3 is 0 Å². The van der Waals surface area contributed by atoms with Crippen molar-refractivity contribution in [1.82, 2.24) is 0 Å². The minimum atomic E-state index is -0.271. The Kier molecular flexibility index (Phi) is 3.49. The molecule has 0 aliphatic rings. The van der Waals surface area contributed by atoms with Crippen LogP contribution in [0, 0.1) is 5.82 Å². The van der Waals surface area contributed by atoms with Crippen LogP contribution in [0.3, 0.4) is 0 Å². The average molecular weight is 267 g/mol. The van der Waals surface area contributed by atoms with E-state index in [4.69, 9.17) is 0 Å². The number of carbonyl (C=O) groups excluding carboxylic acids is 1. The normalized spacial score (nSPS) is 10.3. The lowest BCUT2D eigenvalue weighted by Gasteiger charge is -2.07. The van der Waals surface area contributed by atoms with Crippen LogP contribution in [0.15, 0.2) is 30.3 Å². The standard InChI is InChI=1S/C12H10FNOS2/c1-14(16)10-6-11(17-12(10)7-15)8-2-4-9(13)5-3-8/h2-7,16H,1H3. The number of nitrogens with zero attached hydrogens (tertiary/aromatic N) is 1. The second-order valence-corrected chi connectivity index (χ2v) is 5.19. The first kappa shape index (κ1) is 12.1. The first-order valence-corrected chi connectivity index (χ1v) is 6.11. The Morgan fingerprint density at radius 2 is 2.00 bits per heavy atom. The number of hydrogen-bond donors (Lipinski definition) is 1. The fourth-order valence-corrected chi connectivity index (χ4v) is 2.73. The van der Waals surface area contributed by atoms with Crippen molar-refractivity contribution in [3.8, 4) is 10.4 Å². The number of carbonyl (C=O) groups is 1. The molecule has 0 unspecified atom stereocenters. The third kappa shape index (κ3) is 2.50. The van der Waals surface area contributed by atoms with Gasteiger partial charge < -0.3 is 4.31 Å². The summed E-state index contributed by atoms with van der Waals surface area (Å²) in [6, 6.07) is 8.06. The van der Waals surface area contributed by atoms with E-state index in [1.807, 2.05) is 6.07 Å². The number of aldehydes is 1. The largest absolute Gasteiger partial charge is 0.320 e. The Hall–Kier alpha value is -1.33. The highest BCUT2D eigenvalue weighted by molar-refractivity contribution is 7.81. The zero-order chi connectivity index (χ0) is 12.4. The molecule has 0 aliphatic heterocycles. The van der Waals surface area contributed by atoms with E-state index in [1.54, 1.807) is 23.5 Å². The fourth-order valence-electron chi connectivity index (χ4n) is 1.49. The lowest BCUT2D eigenvalue weighted by molar-refractivity contribution is 0.112. The van der Waals surface area contributed by atoms with Gasteiger partial charge in [-0.2, -0.15) is 0 Å². The van der Waals surface area contributed by atoms with Crippen LogP contribution in [0.5, 0.6) is 0 Å². The molecule has 0 bridgehead atoms. The molecule has 0 saturated heterocycles. The van der Waals surface area contributed by atoms with E-state index < -0.39 is 0 Å². The first-order chi connectivity index (χ1) is 8.11. The third-order valence-electron chi connectivity index (χ3n) is 2.32. The molecular formula is C12H10FNOS2. The molecule has 0 fully saturated rings. The first-order valence-electron chi connectivity index (χ1n) is 4.89. The van der Waals surface area contributed by atoms with E-state index in [2.05, 4.69) is 12.8 Å². The second kappa shape index (κ2) is 4.89. The summed E-state index contributed by atoms with van der Waals surface area (Å²) in [6.07, 6.45) is 0.805. The summed E-state index contributed by atoms with van der Waals surface area (Å²) in [4.78, 5) is 12.5. The summed E-state index contributed by atoms with van der Waals surface area (Å²) in [6.45, 7) is 0. The van der Waals surface area contributed by atoms with Crippen LogP contribution in [-0.2, 0) is 0 Å². The van der Waals surface area contributed by atoms with Crippen LogP contribution in [-0.4, -0.2) is 13.3 Å². The Morgan fingerprint density at radius 3 is 2.47 bits per heavy atom. The van der Waals surface area contributed by atoms with Crippen molar-refractivity contribution in [2.75, 3.05) is 11.4 Å². The molecule has 5 heteroatoms. The molecule has 0 amide bonds. The van der Waals surface area contributed by atoms with Gasteiger partial charge in [-0.05, 0) is 23.8 Å². The molecule has 0 aliphatic carbocycles. The number of thiophene rings is 1. The van der Waals surface area contributed by atoms with Crippen molar-refractivity contribution in [2.45, 2.75) is 0 Å². The Labute approximate surface area is 108 Å². The molecule has 2 nitrogen and oxygen atoms in total. The van der Waals surface area contributed by atoms with Crippen LogP contribution >= 0.6 is 24.2 Å². The molecule has 17 heavy (non-hydrogen) atoms. The smallest absolute Gasteiger partial charge is 0.162 e. The second-order valence-electron chi connectivity index (χ2n) is 3.51. The molecule has 0 N–H and O–H groups in total. The van der Waals surface area contributed by atoms with E-state index in [0.717, 1.165) is 22.4 Å². The Bertz CT molecular complexity index is 534. The minimum absolute atomic E-state index is 0.271. The van der Waals surface area contributed by atoms with Crippen LogP contribution in [0.4, 0.5) is 10.1 Å². The van der Waals surface area contributed by atoms with Crippen LogP contribution < -0.4 is 4.31 Å². The van der Waals surface area contributed by atoms with Crippen molar-refractivity contribution in [1.29, 1.82) is 0 Å². The van der Waals surface area contributed by atoms with E-state index >= 15 is 0 Å². The molecule has 88 valence electrons. The summed E-state index contributed by atoms with van der Waals surface area (Å²) < 4.78 is 14.4. The summed E-state index contributed by atoms with van der Waals surface area (Å²) in [7, 11) is 1.76. The van der Waals surface area contributed by atoms with Crippen molar-refractivity contribution in [3.05, 3.63) is 41.0 Å². The maximum Gasteiger partial charge on any atom is 0.162 e. The van der Waals surface area contributed by atoms with Gasteiger partial charge in [-0.25, -0.2) is 4.39 Å². The van der Waals surface area contributed by atoms with Crippen molar-refractivity contribution >= 4 is 36.1 Å². The molecule has 1 aromatic carbocycles. The van der Waals surface area contributed by atoms with Gasteiger partial charge in [-0.1, -0.05) is 24.9 Å². The number of halogens is 1. The summed E-state index contributed by atoms with van der Waals surface area (Å²) in [5, 5.41) is 0. The van der Waals surface area contributed by atoms with Gasteiger partial charge in [-0.3, -0.25) is 4.79 Å². The number of anilines is 1. The molecule has 1 aromatic heterocycles. The van der Waals surface area contributed by atoms with Crippen LogP contribution in [0.1, 0.15) is 9.67 Å². The highest BCUT2D eigenvalue weighted by Gasteiger charge is 2.11. The quantitative estimate of drug-likeness (QED) is 0.676. The van der Waals surface area contributed by atoms with Gasteiger partial charge in [0.2, 0.25) is 0 Å². The molecule has 1 heterocycles. The predicted octanol–water partition coefficient (Wildman–Crippen LogP) is 3.65. The highest BCUT2D eigenvalue weighted by Crippen LogP contribution is 2.35. The fraction of sp³-hybridized carbons (Fsp3) is 0.0833. The van der Waals surface area contributed by atoms with Gasteiger partial charge in [0.25, 0.3) is 0 Å². The molecular weight excluding hydrogens is 257 g/mol. The topological polar surface area (TPSA) is 20.3 Å². The Balaban J connectivity index is 2.46. The van der Waals surface area contributed by atoms with E-state index in [-0.39, 0.29) is 5.82 Å². The average Bonchev–Trinajstić information content (AvgIpc) is 2.74. The van der Waals surface area contributed by atoms with Gasteiger partial charge in [0.1, 0.15) is 5.82 Å².